The molecule has 0 fully saturated rings. The van der Waals surface area contributed by atoms with Crippen molar-refractivity contribution >= 4 is 11.6 Å². The van der Waals surface area contributed by atoms with Gasteiger partial charge in [-0.25, -0.2) is 0 Å². The van der Waals surface area contributed by atoms with E-state index in [1.807, 2.05) is 0 Å². The molecule has 2 heterocycles. The van der Waals surface area contributed by atoms with Gasteiger partial charge in [-0.15, -0.1) is 0 Å². The highest BCUT2D eigenvalue weighted by molar-refractivity contribution is 5.92. The van der Waals surface area contributed by atoms with E-state index in [0.717, 1.165) is 5.56 Å². The molecule has 0 radical (unpaired) electrons. The Bertz CT molecular complexity index is 508. The maximum atomic E-state index is 12.0. The summed E-state index contributed by atoms with van der Waals surface area (Å²) in [6, 6.07) is 3.21. The Kier molecular flexibility index (Phi) is 3.04. The molecule has 1 amide bonds. The summed E-state index contributed by atoms with van der Waals surface area (Å²) in [4.78, 5) is 17.6. The first-order valence-electron chi connectivity index (χ1n) is 5.11. The Labute approximate surface area is 98.5 Å². The third kappa shape index (κ3) is 2.60. The van der Waals surface area contributed by atoms with E-state index < -0.39 is 0 Å². The number of hydrogen-bond donors (Lipinski definition) is 2. The molecule has 0 saturated heterocycles. The molecule has 3 N–H and O–H groups in total. The second-order valence-corrected chi connectivity index (χ2v) is 3.74. The summed E-state index contributed by atoms with van der Waals surface area (Å²) in [5.41, 5.74) is 7.41. The minimum Gasteiger partial charge on any atom is -0.399 e. The molecule has 2 rings (SSSR count). The number of H-pyrrole nitrogens is 1. The molecule has 0 spiro atoms. The molecule has 2 aromatic heterocycles. The third-order valence-electron chi connectivity index (χ3n) is 2.32. The lowest BCUT2D eigenvalue weighted by Gasteiger charge is -2.15. The van der Waals surface area contributed by atoms with E-state index >= 15 is 0 Å². The zero-order valence-electron chi connectivity index (χ0n) is 9.42. The number of hydrogen-bond acceptors (Lipinski definition) is 4. The Morgan fingerprint density at radius 2 is 2.41 bits per heavy atom. The molecule has 17 heavy (non-hydrogen) atoms. The van der Waals surface area contributed by atoms with Crippen LogP contribution in [0.3, 0.4) is 0 Å². The van der Waals surface area contributed by atoms with Crippen molar-refractivity contribution < 1.29 is 4.79 Å². The van der Waals surface area contributed by atoms with Gasteiger partial charge < -0.3 is 10.6 Å². The first-order valence-corrected chi connectivity index (χ1v) is 5.11. The number of pyridine rings is 1. The van der Waals surface area contributed by atoms with Gasteiger partial charge in [-0.2, -0.15) is 5.10 Å². The minimum absolute atomic E-state index is 0.168. The van der Waals surface area contributed by atoms with E-state index in [1.54, 1.807) is 36.5 Å². The fourth-order valence-corrected chi connectivity index (χ4v) is 1.47. The SMILES string of the molecule is CN(Cc1cn[nH]c1)C(=O)c1cc(N)ccn1. The number of carbonyl (C=O) groups is 1. The van der Waals surface area contributed by atoms with Gasteiger partial charge in [0.25, 0.3) is 5.91 Å². The molecule has 6 heteroatoms. The molecule has 0 aromatic carbocycles. The highest BCUT2D eigenvalue weighted by atomic mass is 16.2. The van der Waals surface area contributed by atoms with Crippen LogP contribution in [0.25, 0.3) is 0 Å². The number of nitrogens with one attached hydrogen (secondary N) is 1. The van der Waals surface area contributed by atoms with Crippen LogP contribution in [0.2, 0.25) is 0 Å². The van der Waals surface area contributed by atoms with Gasteiger partial charge in [0.05, 0.1) is 6.20 Å². The van der Waals surface area contributed by atoms with E-state index in [-0.39, 0.29) is 5.91 Å². The molecule has 6 nitrogen and oxygen atoms in total. The molecular weight excluding hydrogens is 218 g/mol. The number of amides is 1. The average molecular weight is 231 g/mol. The average Bonchev–Trinajstić information content (AvgIpc) is 2.80. The summed E-state index contributed by atoms with van der Waals surface area (Å²) in [6.45, 7) is 0.478. The smallest absolute Gasteiger partial charge is 0.272 e. The number of aromatic amines is 1. The van der Waals surface area contributed by atoms with Crippen LogP contribution >= 0.6 is 0 Å². The fraction of sp³-hybridized carbons (Fsp3) is 0.182. The first kappa shape index (κ1) is 11.1. The number of rotatable bonds is 3. The molecule has 0 aliphatic rings. The summed E-state index contributed by atoms with van der Waals surface area (Å²) >= 11 is 0. The van der Waals surface area contributed by atoms with E-state index in [4.69, 9.17) is 5.73 Å². The lowest BCUT2D eigenvalue weighted by Crippen LogP contribution is -2.26. The van der Waals surface area contributed by atoms with Gasteiger partial charge in [-0.1, -0.05) is 0 Å². The number of carbonyl (C=O) groups excluding carboxylic acids is 1. The van der Waals surface area contributed by atoms with Crippen LogP contribution in [0.15, 0.2) is 30.7 Å². The first-order chi connectivity index (χ1) is 8.16. The van der Waals surface area contributed by atoms with Crippen LogP contribution in [0.1, 0.15) is 16.1 Å². The second kappa shape index (κ2) is 4.65. The van der Waals surface area contributed by atoms with E-state index in [9.17, 15) is 4.79 Å². The normalized spacial score (nSPS) is 10.2. The maximum absolute atomic E-state index is 12.0. The monoisotopic (exact) mass is 231 g/mol. The van der Waals surface area contributed by atoms with Gasteiger partial charge in [0.1, 0.15) is 5.69 Å². The molecule has 0 aliphatic carbocycles. The summed E-state index contributed by atoms with van der Waals surface area (Å²) < 4.78 is 0. The topological polar surface area (TPSA) is 87.9 Å². The van der Waals surface area contributed by atoms with Gasteiger partial charge in [-0.3, -0.25) is 14.9 Å². The highest BCUT2D eigenvalue weighted by Gasteiger charge is 2.13. The third-order valence-corrected chi connectivity index (χ3v) is 2.32. The van der Waals surface area contributed by atoms with Gasteiger partial charge in [0.15, 0.2) is 0 Å². The highest BCUT2D eigenvalue weighted by Crippen LogP contribution is 2.08. The van der Waals surface area contributed by atoms with Gasteiger partial charge >= 0.3 is 0 Å². The zero-order chi connectivity index (χ0) is 12.3. The largest absolute Gasteiger partial charge is 0.399 e. The Hall–Kier alpha value is -2.37. The van der Waals surface area contributed by atoms with Crippen LogP contribution in [-0.2, 0) is 6.54 Å². The quantitative estimate of drug-likeness (QED) is 0.812. The lowest BCUT2D eigenvalue weighted by atomic mass is 10.2. The zero-order valence-corrected chi connectivity index (χ0v) is 9.42. The molecule has 88 valence electrons. The van der Waals surface area contributed by atoms with E-state index in [1.165, 1.54) is 6.20 Å². The predicted octanol–water partition coefficient (Wildman–Crippen LogP) is 0.659. The molecular formula is C11H13N5O. The van der Waals surface area contributed by atoms with Gasteiger partial charge in [0, 0.05) is 37.2 Å². The minimum atomic E-state index is -0.168. The number of anilines is 1. The Balaban J connectivity index is 2.09. The number of nitrogens with two attached hydrogens (primary N) is 1. The van der Waals surface area contributed by atoms with Crippen LogP contribution in [0.5, 0.6) is 0 Å². The molecule has 0 aliphatic heterocycles. The molecule has 0 atom stereocenters. The number of nitrogen functional groups attached to an aromatic ring is 1. The summed E-state index contributed by atoms with van der Waals surface area (Å²) in [6.07, 6.45) is 4.95. The van der Waals surface area contributed by atoms with Gasteiger partial charge in [-0.05, 0) is 12.1 Å². The maximum Gasteiger partial charge on any atom is 0.272 e. The Morgan fingerprint density at radius 3 is 3.06 bits per heavy atom. The molecule has 2 aromatic rings. The molecule has 0 saturated carbocycles. The van der Waals surface area contributed by atoms with Crippen molar-refractivity contribution in [3.63, 3.8) is 0 Å². The number of aromatic nitrogens is 3. The van der Waals surface area contributed by atoms with Crippen molar-refractivity contribution in [2.24, 2.45) is 0 Å². The van der Waals surface area contributed by atoms with E-state index in [2.05, 4.69) is 15.2 Å². The van der Waals surface area contributed by atoms with Crippen molar-refractivity contribution in [3.05, 3.63) is 42.0 Å². The Morgan fingerprint density at radius 1 is 1.59 bits per heavy atom. The van der Waals surface area contributed by atoms with Gasteiger partial charge in [0.2, 0.25) is 0 Å². The summed E-state index contributed by atoms with van der Waals surface area (Å²) in [5.74, 6) is -0.168. The van der Waals surface area contributed by atoms with Crippen molar-refractivity contribution in [1.82, 2.24) is 20.1 Å². The lowest BCUT2D eigenvalue weighted by molar-refractivity contribution is 0.0779. The van der Waals surface area contributed by atoms with Crippen molar-refractivity contribution in [2.45, 2.75) is 6.54 Å². The van der Waals surface area contributed by atoms with Crippen molar-refractivity contribution in [2.75, 3.05) is 12.8 Å². The molecule has 0 bridgehead atoms. The number of nitrogens with zero attached hydrogens (tertiary/aromatic N) is 3. The van der Waals surface area contributed by atoms with Crippen LogP contribution in [0.4, 0.5) is 5.69 Å². The van der Waals surface area contributed by atoms with Crippen molar-refractivity contribution in [1.29, 1.82) is 0 Å². The van der Waals surface area contributed by atoms with Crippen LogP contribution in [0, 0.1) is 0 Å². The molecule has 0 unspecified atom stereocenters. The second-order valence-electron chi connectivity index (χ2n) is 3.74. The fourth-order valence-electron chi connectivity index (χ4n) is 1.47. The van der Waals surface area contributed by atoms with Crippen molar-refractivity contribution in [3.8, 4) is 0 Å². The van der Waals surface area contributed by atoms with E-state index in [0.29, 0.717) is 17.9 Å². The predicted molar refractivity (Wildman–Crippen MR) is 63.0 cm³/mol. The standard InChI is InChI=1S/C11H13N5O/c1-16(7-8-5-14-15-6-8)11(17)10-4-9(12)2-3-13-10/h2-6H,7H2,1H3,(H2,12,13)(H,14,15). The summed E-state index contributed by atoms with van der Waals surface area (Å²) in [5, 5.41) is 6.52. The van der Waals surface area contributed by atoms with Crippen LogP contribution in [-0.4, -0.2) is 33.0 Å². The summed E-state index contributed by atoms with van der Waals surface area (Å²) in [7, 11) is 1.71. The van der Waals surface area contributed by atoms with Crippen LogP contribution < -0.4 is 5.73 Å².